The van der Waals surface area contributed by atoms with Gasteiger partial charge in [-0.2, -0.15) is 4.52 Å². The second-order valence-electron chi connectivity index (χ2n) is 8.08. The van der Waals surface area contributed by atoms with Gasteiger partial charge in [0.05, 0.1) is 7.11 Å². The number of nitrogens with one attached hydrogen (secondary N) is 2. The molecule has 9 nitrogen and oxygen atoms in total. The summed E-state index contributed by atoms with van der Waals surface area (Å²) >= 11 is 0. The minimum atomic E-state index is -1.12. The van der Waals surface area contributed by atoms with Gasteiger partial charge in [-0.25, -0.2) is 4.79 Å². The van der Waals surface area contributed by atoms with Crippen LogP contribution in [0.3, 0.4) is 0 Å². The number of carboxylic acid groups (broad SMARTS) is 1. The molecular weight excluding hydrogens is 444 g/mol. The second kappa shape index (κ2) is 9.68. The van der Waals surface area contributed by atoms with Crippen LogP contribution in [-0.2, 0) is 0 Å². The Bertz CT molecular complexity index is 1490. The summed E-state index contributed by atoms with van der Waals surface area (Å²) in [7, 11) is 1.62. The van der Waals surface area contributed by atoms with Crippen LogP contribution in [0.25, 0.3) is 27.8 Å². The van der Waals surface area contributed by atoms with Crippen LogP contribution in [0.1, 0.15) is 19.3 Å². The van der Waals surface area contributed by atoms with Crippen LogP contribution < -0.4 is 15.4 Å². The minimum Gasteiger partial charge on any atom is -0.497 e. The molecule has 5 aromatic rings. The van der Waals surface area contributed by atoms with Gasteiger partial charge in [0.15, 0.2) is 17.3 Å². The van der Waals surface area contributed by atoms with Gasteiger partial charge in [-0.1, -0.05) is 49.6 Å². The van der Waals surface area contributed by atoms with Crippen molar-refractivity contribution in [3.63, 3.8) is 0 Å². The first-order valence-electron chi connectivity index (χ1n) is 11.3. The number of carbonyl (C=O) groups is 1. The van der Waals surface area contributed by atoms with E-state index in [2.05, 4.69) is 20.8 Å². The zero-order chi connectivity index (χ0) is 24.2. The van der Waals surface area contributed by atoms with E-state index in [9.17, 15) is 4.79 Å². The number of nitrogens with zero attached hydrogens (tertiary/aromatic N) is 4. The average molecular weight is 469 g/mol. The molecule has 0 radical (unpaired) electrons. The van der Waals surface area contributed by atoms with Crippen molar-refractivity contribution in [2.24, 2.45) is 0 Å². The lowest BCUT2D eigenvalue weighted by Gasteiger charge is -2.11. The molecule has 35 heavy (non-hydrogen) atoms. The molecule has 6 rings (SSSR count). The van der Waals surface area contributed by atoms with Crippen LogP contribution in [0.5, 0.6) is 5.75 Å². The summed E-state index contributed by atoms with van der Waals surface area (Å²) in [6.45, 7) is 0. The summed E-state index contributed by atoms with van der Waals surface area (Å²) in [5.74, 6) is 1.94. The number of hydrogen-bond donors (Lipinski definition) is 3. The van der Waals surface area contributed by atoms with Gasteiger partial charge in [0.2, 0.25) is 0 Å². The molecule has 1 saturated carbocycles. The molecule has 1 amide bonds. The summed E-state index contributed by atoms with van der Waals surface area (Å²) in [6.07, 6.45) is 3.38. The fourth-order valence-electron chi connectivity index (χ4n) is 3.53. The van der Waals surface area contributed by atoms with E-state index in [0.29, 0.717) is 28.7 Å². The number of hydrogen-bond acceptors (Lipinski definition) is 6. The Kier molecular flexibility index (Phi) is 6.13. The zero-order valence-electron chi connectivity index (χ0n) is 19.1. The van der Waals surface area contributed by atoms with E-state index in [1.54, 1.807) is 29.8 Å². The Morgan fingerprint density at radius 1 is 0.914 bits per heavy atom. The van der Waals surface area contributed by atoms with Gasteiger partial charge in [-0.3, -0.25) is 5.32 Å². The molecule has 1 aliphatic rings. The molecule has 0 spiro atoms. The van der Waals surface area contributed by atoms with Gasteiger partial charge in [-0.15, -0.1) is 15.3 Å². The van der Waals surface area contributed by atoms with Gasteiger partial charge in [0.1, 0.15) is 5.75 Å². The molecule has 0 unspecified atom stereocenters. The van der Waals surface area contributed by atoms with Crippen LogP contribution in [0.4, 0.5) is 22.0 Å². The lowest BCUT2D eigenvalue weighted by Crippen LogP contribution is -2.07. The van der Waals surface area contributed by atoms with E-state index in [-0.39, 0.29) is 0 Å². The summed E-state index contributed by atoms with van der Waals surface area (Å²) in [6, 6.07) is 22.3. The summed E-state index contributed by atoms with van der Waals surface area (Å²) in [4.78, 5) is 11.0. The van der Waals surface area contributed by atoms with E-state index in [4.69, 9.17) is 14.9 Å². The normalized spacial score (nSPS) is 12.0. The minimum absolute atomic E-state index is 0.455. The highest BCUT2D eigenvalue weighted by atomic mass is 16.5. The highest BCUT2D eigenvalue weighted by Crippen LogP contribution is 2.30. The molecule has 1 aliphatic carbocycles. The number of anilines is 3. The summed E-state index contributed by atoms with van der Waals surface area (Å²) in [5.41, 5.74) is 2.63. The summed E-state index contributed by atoms with van der Waals surface area (Å²) < 4.78 is 6.94. The number of benzene rings is 3. The Balaban J connectivity index is 0.000000786. The molecule has 3 aromatic carbocycles. The molecule has 0 aliphatic heterocycles. The lowest BCUT2D eigenvalue weighted by atomic mass is 10.1. The molecule has 176 valence electrons. The van der Waals surface area contributed by atoms with Crippen LogP contribution in [0.15, 0.2) is 72.8 Å². The summed E-state index contributed by atoms with van der Waals surface area (Å²) in [5, 5.41) is 29.9. The van der Waals surface area contributed by atoms with E-state index in [1.165, 1.54) is 19.3 Å². The fraction of sp³-hybridized carbons (Fsp3) is 0.154. The van der Waals surface area contributed by atoms with Crippen molar-refractivity contribution in [2.45, 2.75) is 19.3 Å². The Labute approximate surface area is 201 Å². The van der Waals surface area contributed by atoms with E-state index < -0.39 is 6.09 Å². The van der Waals surface area contributed by atoms with Crippen molar-refractivity contribution in [3.05, 3.63) is 72.8 Å². The first-order valence-corrected chi connectivity index (χ1v) is 11.3. The SMILES string of the molecule is C1CC1.COc1ccc(-c2nnc3c4ccccc4c(Nc4cccc(NC(=O)O)c4)nn23)cc1. The van der Waals surface area contributed by atoms with Crippen molar-refractivity contribution in [1.82, 2.24) is 19.8 Å². The standard InChI is InChI=1S/C23H18N6O3.C3H6/c1-32-17-11-9-14(10-12-17)21-26-27-22-19-8-3-2-7-18(19)20(28-29(21)22)24-15-5-4-6-16(13-15)25-23(30)31;1-2-3-1/h2-13,25H,1H3,(H,24,28)(H,30,31);1-3H2. The molecule has 3 N–H and O–H groups in total. The Morgan fingerprint density at radius 3 is 2.31 bits per heavy atom. The third-order valence-corrected chi connectivity index (χ3v) is 5.34. The zero-order valence-corrected chi connectivity index (χ0v) is 19.1. The van der Waals surface area contributed by atoms with Crippen molar-refractivity contribution < 1.29 is 14.6 Å². The molecule has 1 fully saturated rings. The third-order valence-electron chi connectivity index (χ3n) is 5.34. The quantitative estimate of drug-likeness (QED) is 0.292. The second-order valence-corrected chi connectivity index (χ2v) is 8.08. The van der Waals surface area contributed by atoms with Gasteiger partial charge in [0, 0.05) is 27.7 Å². The topological polar surface area (TPSA) is 114 Å². The molecule has 2 aromatic heterocycles. The van der Waals surface area contributed by atoms with E-state index in [1.807, 2.05) is 54.6 Å². The molecule has 0 atom stereocenters. The highest BCUT2D eigenvalue weighted by molar-refractivity contribution is 6.01. The number of amides is 1. The van der Waals surface area contributed by atoms with E-state index >= 15 is 0 Å². The molecule has 9 heteroatoms. The van der Waals surface area contributed by atoms with Gasteiger partial charge < -0.3 is 15.2 Å². The highest BCUT2D eigenvalue weighted by Gasteiger charge is 2.16. The van der Waals surface area contributed by atoms with Gasteiger partial charge in [0.25, 0.3) is 0 Å². The van der Waals surface area contributed by atoms with Crippen LogP contribution >= 0.6 is 0 Å². The fourth-order valence-corrected chi connectivity index (χ4v) is 3.53. The monoisotopic (exact) mass is 468 g/mol. The van der Waals surface area contributed by atoms with Gasteiger partial charge in [-0.05, 0) is 42.5 Å². The number of methoxy groups -OCH3 is 1. The maximum absolute atomic E-state index is 11.0. The van der Waals surface area contributed by atoms with Crippen LogP contribution in [0, 0.1) is 0 Å². The molecular formula is C26H24N6O3. The van der Waals surface area contributed by atoms with E-state index in [0.717, 1.165) is 22.1 Å². The van der Waals surface area contributed by atoms with Crippen molar-refractivity contribution in [3.8, 4) is 17.1 Å². The predicted molar refractivity (Wildman–Crippen MR) is 135 cm³/mol. The molecule has 0 saturated heterocycles. The molecule has 0 bridgehead atoms. The van der Waals surface area contributed by atoms with Gasteiger partial charge >= 0.3 is 6.09 Å². The maximum atomic E-state index is 11.0. The molecule has 2 heterocycles. The van der Waals surface area contributed by atoms with Crippen molar-refractivity contribution in [1.29, 1.82) is 0 Å². The Hall–Kier alpha value is -4.66. The smallest absolute Gasteiger partial charge is 0.409 e. The van der Waals surface area contributed by atoms with Crippen LogP contribution in [0.2, 0.25) is 0 Å². The van der Waals surface area contributed by atoms with Crippen molar-refractivity contribution in [2.75, 3.05) is 17.7 Å². The first-order chi connectivity index (χ1) is 17.1. The number of aromatic nitrogens is 4. The lowest BCUT2D eigenvalue weighted by molar-refractivity contribution is 0.210. The maximum Gasteiger partial charge on any atom is 0.409 e. The van der Waals surface area contributed by atoms with Crippen molar-refractivity contribution >= 4 is 39.7 Å². The largest absolute Gasteiger partial charge is 0.497 e. The Morgan fingerprint density at radius 2 is 1.63 bits per heavy atom. The number of fused-ring (bicyclic) bond motifs is 3. The predicted octanol–water partition coefficient (Wildman–Crippen LogP) is 5.96. The number of rotatable bonds is 5. The number of ether oxygens (including phenoxy) is 1. The van der Waals surface area contributed by atoms with Crippen LogP contribution in [-0.4, -0.2) is 38.1 Å². The third kappa shape index (κ3) is 4.98. The average Bonchev–Trinajstić information content (AvgIpc) is 3.70. The first kappa shape index (κ1) is 22.1.